The lowest BCUT2D eigenvalue weighted by Crippen LogP contribution is -2.48. The number of hydrogen-bond acceptors (Lipinski definition) is 5. The number of hydrogen-bond donors (Lipinski definition) is 0. The molecule has 9 heteroatoms. The highest BCUT2D eigenvalue weighted by molar-refractivity contribution is 7.88. The second kappa shape index (κ2) is 6.58. The first-order valence-electron chi connectivity index (χ1n) is 8.62. The zero-order valence-electron chi connectivity index (χ0n) is 15.1. The smallest absolute Gasteiger partial charge is 0.211 e. The summed E-state index contributed by atoms with van der Waals surface area (Å²) >= 11 is 0. The van der Waals surface area contributed by atoms with Crippen molar-refractivity contribution in [1.82, 2.24) is 18.8 Å². The maximum Gasteiger partial charge on any atom is 0.211 e. The molecule has 0 atom stereocenters. The average molecular weight is 389 g/mol. The van der Waals surface area contributed by atoms with E-state index in [0.29, 0.717) is 43.4 Å². The third-order valence-electron chi connectivity index (χ3n) is 4.90. The first-order valence-corrected chi connectivity index (χ1v) is 10.5. The van der Waals surface area contributed by atoms with Crippen molar-refractivity contribution >= 4 is 26.9 Å². The van der Waals surface area contributed by atoms with Crippen molar-refractivity contribution in [3.05, 3.63) is 42.3 Å². The highest BCUT2D eigenvalue weighted by Crippen LogP contribution is 2.28. The minimum atomic E-state index is -3.20. The molecule has 0 radical (unpaired) electrons. The number of sulfonamides is 1. The molecular weight excluding hydrogens is 369 g/mol. The maximum absolute atomic E-state index is 14.5. The van der Waals surface area contributed by atoms with Crippen LogP contribution in [0.15, 0.2) is 36.5 Å². The zero-order valence-corrected chi connectivity index (χ0v) is 15.9. The quantitative estimate of drug-likeness (QED) is 0.684. The molecule has 0 spiro atoms. The molecule has 4 rings (SSSR count). The number of anilines is 1. The Balaban J connectivity index is 1.67. The van der Waals surface area contributed by atoms with Gasteiger partial charge in [0.15, 0.2) is 5.82 Å². The number of aryl methyl sites for hydroxylation is 1. The van der Waals surface area contributed by atoms with Crippen LogP contribution in [-0.4, -0.2) is 59.7 Å². The Morgan fingerprint density at radius 3 is 2.48 bits per heavy atom. The Kier molecular flexibility index (Phi) is 4.35. The van der Waals surface area contributed by atoms with E-state index in [1.165, 1.54) is 16.8 Å². The summed E-state index contributed by atoms with van der Waals surface area (Å²) in [5.41, 5.74) is 2.10. The fourth-order valence-electron chi connectivity index (χ4n) is 3.41. The molecule has 1 aliphatic rings. The number of aromatic nitrogens is 3. The lowest BCUT2D eigenvalue weighted by atomic mass is 10.2. The number of piperazine rings is 1. The van der Waals surface area contributed by atoms with Crippen LogP contribution in [0, 0.1) is 5.82 Å². The maximum atomic E-state index is 14.5. The molecule has 1 saturated heterocycles. The van der Waals surface area contributed by atoms with Gasteiger partial charge < -0.3 is 9.47 Å². The van der Waals surface area contributed by atoms with Crippen molar-refractivity contribution in [2.75, 3.05) is 37.3 Å². The van der Waals surface area contributed by atoms with Crippen LogP contribution in [0.5, 0.6) is 0 Å². The van der Waals surface area contributed by atoms with E-state index in [4.69, 9.17) is 0 Å². The third-order valence-corrected chi connectivity index (χ3v) is 6.20. The molecule has 2 aromatic heterocycles. The van der Waals surface area contributed by atoms with Crippen molar-refractivity contribution in [3.63, 3.8) is 0 Å². The molecule has 27 heavy (non-hydrogen) atoms. The molecule has 0 saturated carbocycles. The van der Waals surface area contributed by atoms with Crippen LogP contribution < -0.4 is 4.90 Å². The van der Waals surface area contributed by atoms with Crippen LogP contribution in [0.25, 0.3) is 22.4 Å². The van der Waals surface area contributed by atoms with Gasteiger partial charge in [0.1, 0.15) is 11.6 Å². The second-order valence-electron chi connectivity index (χ2n) is 6.65. The van der Waals surface area contributed by atoms with Gasteiger partial charge in [0.25, 0.3) is 0 Å². The molecule has 0 unspecified atom stereocenters. The van der Waals surface area contributed by atoms with Crippen LogP contribution in [0.3, 0.4) is 0 Å². The van der Waals surface area contributed by atoms with E-state index in [0.717, 1.165) is 11.0 Å². The highest BCUT2D eigenvalue weighted by atomic mass is 32.2. The summed E-state index contributed by atoms with van der Waals surface area (Å²) in [5.74, 6) is 0.714. The van der Waals surface area contributed by atoms with Gasteiger partial charge in [-0.25, -0.2) is 22.8 Å². The van der Waals surface area contributed by atoms with Crippen molar-refractivity contribution in [1.29, 1.82) is 0 Å². The van der Waals surface area contributed by atoms with Crippen molar-refractivity contribution in [2.45, 2.75) is 0 Å². The summed E-state index contributed by atoms with van der Waals surface area (Å²) in [4.78, 5) is 10.7. The lowest BCUT2D eigenvalue weighted by molar-refractivity contribution is 0.387. The molecular formula is C18H20FN5O2S. The second-order valence-corrected chi connectivity index (χ2v) is 8.64. The Morgan fingerprint density at radius 2 is 1.81 bits per heavy atom. The Morgan fingerprint density at radius 1 is 1.11 bits per heavy atom. The van der Waals surface area contributed by atoms with Crippen LogP contribution in [0.2, 0.25) is 0 Å². The van der Waals surface area contributed by atoms with Gasteiger partial charge in [-0.1, -0.05) is 12.1 Å². The summed E-state index contributed by atoms with van der Waals surface area (Å²) in [6.07, 6.45) is 2.41. The minimum absolute atomic E-state index is 0.379. The Hall–Kier alpha value is -2.52. The predicted octanol–water partition coefficient (Wildman–Crippen LogP) is 1.86. The summed E-state index contributed by atoms with van der Waals surface area (Å²) in [7, 11) is -1.34. The Labute approximate surface area is 157 Å². The number of fused-ring (bicyclic) bond motifs is 1. The summed E-state index contributed by atoms with van der Waals surface area (Å²) in [6.45, 7) is 1.79. The molecule has 3 aromatic rings. The first kappa shape index (κ1) is 17.9. The van der Waals surface area contributed by atoms with Gasteiger partial charge in [0.05, 0.1) is 29.0 Å². The van der Waals surface area contributed by atoms with E-state index in [1.807, 2.05) is 40.8 Å². The SMILES string of the molecule is Cn1c(-c2cc(N3CCN(S(C)(=O)=O)CC3)ncc2F)nc2ccccc21. The number of halogens is 1. The standard InChI is InChI=1S/C18H20FN5O2S/c1-22-16-6-4-3-5-15(16)21-18(22)13-11-17(20-12-14(13)19)23-7-9-24(10-8-23)27(2,25)26/h3-6,11-12H,7-10H2,1-2H3. The fourth-order valence-corrected chi connectivity index (χ4v) is 4.23. The van der Waals surface area contributed by atoms with Crippen LogP contribution in [-0.2, 0) is 17.1 Å². The topological polar surface area (TPSA) is 71.3 Å². The minimum Gasteiger partial charge on any atom is -0.354 e. The van der Waals surface area contributed by atoms with Crippen LogP contribution in [0.1, 0.15) is 0 Å². The molecule has 1 aliphatic heterocycles. The van der Waals surface area contributed by atoms with Gasteiger partial charge >= 0.3 is 0 Å². The van der Waals surface area contributed by atoms with Gasteiger partial charge in [-0.2, -0.15) is 4.31 Å². The molecule has 142 valence electrons. The molecule has 7 nitrogen and oxygen atoms in total. The molecule has 3 heterocycles. The number of imidazole rings is 1. The fraction of sp³-hybridized carbons (Fsp3) is 0.333. The first-order chi connectivity index (χ1) is 12.8. The van der Waals surface area contributed by atoms with Gasteiger partial charge in [-0.3, -0.25) is 0 Å². The average Bonchev–Trinajstić information content (AvgIpc) is 2.98. The highest BCUT2D eigenvalue weighted by Gasteiger charge is 2.25. The zero-order chi connectivity index (χ0) is 19.2. The van der Waals surface area contributed by atoms with Crippen molar-refractivity contribution < 1.29 is 12.8 Å². The van der Waals surface area contributed by atoms with Crippen molar-refractivity contribution in [2.24, 2.45) is 7.05 Å². The van der Waals surface area contributed by atoms with E-state index in [1.54, 1.807) is 6.07 Å². The molecule has 0 bridgehead atoms. The predicted molar refractivity (Wildman–Crippen MR) is 103 cm³/mol. The van der Waals surface area contributed by atoms with Crippen LogP contribution in [0.4, 0.5) is 10.2 Å². The van der Waals surface area contributed by atoms with E-state index >= 15 is 0 Å². The number of benzene rings is 1. The van der Waals surface area contributed by atoms with Crippen molar-refractivity contribution in [3.8, 4) is 11.4 Å². The molecule has 0 amide bonds. The Bertz CT molecular complexity index is 1100. The molecule has 1 aromatic carbocycles. The third kappa shape index (κ3) is 3.28. The summed E-state index contributed by atoms with van der Waals surface area (Å²) in [5, 5.41) is 0. The van der Waals surface area contributed by atoms with E-state index in [-0.39, 0.29) is 0 Å². The normalized spacial score (nSPS) is 16.2. The van der Waals surface area contributed by atoms with E-state index in [2.05, 4.69) is 9.97 Å². The van der Waals surface area contributed by atoms with Gasteiger partial charge in [-0.05, 0) is 18.2 Å². The van der Waals surface area contributed by atoms with Gasteiger partial charge in [0.2, 0.25) is 10.0 Å². The number of nitrogens with zero attached hydrogens (tertiary/aromatic N) is 5. The number of para-hydroxylation sites is 2. The number of pyridine rings is 1. The monoisotopic (exact) mass is 389 g/mol. The molecule has 0 N–H and O–H groups in total. The van der Waals surface area contributed by atoms with Gasteiger partial charge in [-0.15, -0.1) is 0 Å². The largest absolute Gasteiger partial charge is 0.354 e. The summed E-state index contributed by atoms with van der Waals surface area (Å²) in [6, 6.07) is 9.34. The van der Waals surface area contributed by atoms with E-state index in [9.17, 15) is 12.8 Å². The molecule has 0 aliphatic carbocycles. The lowest BCUT2D eigenvalue weighted by Gasteiger charge is -2.34. The summed E-state index contributed by atoms with van der Waals surface area (Å²) < 4.78 is 41.2. The van der Waals surface area contributed by atoms with Crippen LogP contribution >= 0.6 is 0 Å². The van der Waals surface area contributed by atoms with E-state index < -0.39 is 15.8 Å². The molecule has 1 fully saturated rings. The number of rotatable bonds is 3. The van der Waals surface area contributed by atoms with Gasteiger partial charge in [0, 0.05) is 33.2 Å².